The minimum atomic E-state index is -0.0512. The number of amides is 1. The molecular formula is C14H19NO3. The zero-order valence-electron chi connectivity index (χ0n) is 11.0. The summed E-state index contributed by atoms with van der Waals surface area (Å²) in [5.41, 5.74) is 1.82. The smallest absolute Gasteiger partial charge is 0.264 e. The van der Waals surface area contributed by atoms with Gasteiger partial charge in [-0.1, -0.05) is 19.9 Å². The van der Waals surface area contributed by atoms with E-state index in [0.29, 0.717) is 5.92 Å². The third-order valence-electron chi connectivity index (χ3n) is 3.50. The van der Waals surface area contributed by atoms with E-state index < -0.39 is 0 Å². The number of carbonyl (C=O) groups excluding carboxylic acids is 1. The molecule has 4 heteroatoms. The molecule has 1 aromatic rings. The molecule has 0 fully saturated rings. The second-order valence-corrected chi connectivity index (χ2v) is 5.00. The maximum absolute atomic E-state index is 11.6. The van der Waals surface area contributed by atoms with Crippen LogP contribution in [0, 0.1) is 5.92 Å². The minimum Gasteiger partial charge on any atom is -0.482 e. The van der Waals surface area contributed by atoms with Crippen molar-refractivity contribution in [3.63, 3.8) is 0 Å². The number of hydrogen-bond acceptors (Lipinski definition) is 3. The number of aliphatic hydroxyl groups excluding tert-OH is 1. The van der Waals surface area contributed by atoms with Crippen molar-refractivity contribution in [2.75, 3.05) is 25.2 Å². The number of hydrogen-bond donors (Lipinski definition) is 1. The molecule has 1 unspecified atom stereocenters. The van der Waals surface area contributed by atoms with E-state index >= 15 is 0 Å². The third kappa shape index (κ3) is 2.20. The van der Waals surface area contributed by atoms with Crippen molar-refractivity contribution in [1.82, 2.24) is 0 Å². The zero-order valence-corrected chi connectivity index (χ0v) is 11.0. The van der Waals surface area contributed by atoms with Gasteiger partial charge in [-0.3, -0.25) is 4.79 Å². The molecule has 0 saturated heterocycles. The molecular weight excluding hydrogens is 230 g/mol. The van der Waals surface area contributed by atoms with Gasteiger partial charge in [-0.15, -0.1) is 0 Å². The Balaban J connectivity index is 2.39. The lowest BCUT2D eigenvalue weighted by molar-refractivity contribution is -0.120. The molecule has 1 aliphatic rings. The molecule has 0 radical (unpaired) electrons. The van der Waals surface area contributed by atoms with Crippen LogP contribution in [0.3, 0.4) is 0 Å². The Morgan fingerprint density at radius 2 is 2.17 bits per heavy atom. The SMILES string of the molecule is CC(C)C(CO)c1ccc2c(c1)N(C)C(=O)CO2. The average molecular weight is 249 g/mol. The molecule has 0 spiro atoms. The molecule has 1 heterocycles. The van der Waals surface area contributed by atoms with Gasteiger partial charge in [0.15, 0.2) is 6.61 Å². The molecule has 0 saturated carbocycles. The van der Waals surface area contributed by atoms with Crippen LogP contribution >= 0.6 is 0 Å². The molecule has 98 valence electrons. The van der Waals surface area contributed by atoms with Crippen molar-refractivity contribution in [1.29, 1.82) is 0 Å². The molecule has 1 atom stereocenters. The normalized spacial score (nSPS) is 16.5. The highest BCUT2D eigenvalue weighted by molar-refractivity contribution is 5.97. The summed E-state index contributed by atoms with van der Waals surface area (Å²) in [5.74, 6) is 1.10. The van der Waals surface area contributed by atoms with Gasteiger partial charge >= 0.3 is 0 Å². The van der Waals surface area contributed by atoms with E-state index in [4.69, 9.17) is 4.74 Å². The van der Waals surface area contributed by atoms with Crippen molar-refractivity contribution in [3.8, 4) is 5.75 Å². The Morgan fingerprint density at radius 3 is 2.78 bits per heavy atom. The van der Waals surface area contributed by atoms with E-state index in [1.165, 1.54) is 0 Å². The summed E-state index contributed by atoms with van der Waals surface area (Å²) < 4.78 is 5.38. The fraction of sp³-hybridized carbons (Fsp3) is 0.500. The lowest BCUT2D eigenvalue weighted by Crippen LogP contribution is -2.35. The van der Waals surface area contributed by atoms with Crippen LogP contribution < -0.4 is 9.64 Å². The molecule has 1 aromatic carbocycles. The number of nitrogens with zero attached hydrogens (tertiary/aromatic N) is 1. The number of likely N-dealkylation sites (N-methyl/N-ethyl adjacent to an activating group) is 1. The average Bonchev–Trinajstić information content (AvgIpc) is 2.35. The largest absolute Gasteiger partial charge is 0.482 e. The summed E-state index contributed by atoms with van der Waals surface area (Å²) >= 11 is 0. The van der Waals surface area contributed by atoms with Gasteiger partial charge in [0.2, 0.25) is 0 Å². The maximum Gasteiger partial charge on any atom is 0.264 e. The van der Waals surface area contributed by atoms with Crippen LogP contribution in [0.5, 0.6) is 5.75 Å². The minimum absolute atomic E-state index is 0.0512. The lowest BCUT2D eigenvalue weighted by Gasteiger charge is -2.28. The predicted octanol–water partition coefficient (Wildman–Crippen LogP) is 1.77. The van der Waals surface area contributed by atoms with Crippen molar-refractivity contribution in [2.24, 2.45) is 5.92 Å². The van der Waals surface area contributed by atoms with E-state index in [1.54, 1.807) is 11.9 Å². The summed E-state index contributed by atoms with van der Waals surface area (Å²) in [6.07, 6.45) is 0. The van der Waals surface area contributed by atoms with Gasteiger partial charge < -0.3 is 14.7 Å². The fourth-order valence-corrected chi connectivity index (χ4v) is 2.22. The number of benzene rings is 1. The van der Waals surface area contributed by atoms with Crippen molar-refractivity contribution in [2.45, 2.75) is 19.8 Å². The Morgan fingerprint density at radius 1 is 1.44 bits per heavy atom. The Hall–Kier alpha value is -1.55. The molecule has 0 aromatic heterocycles. The Bertz CT molecular complexity index is 456. The summed E-state index contributed by atoms with van der Waals surface area (Å²) in [5, 5.41) is 9.46. The van der Waals surface area contributed by atoms with E-state index in [2.05, 4.69) is 13.8 Å². The second kappa shape index (κ2) is 4.98. The Labute approximate surface area is 107 Å². The number of carbonyl (C=O) groups is 1. The number of ether oxygens (including phenoxy) is 1. The van der Waals surface area contributed by atoms with Gasteiger partial charge in [-0.25, -0.2) is 0 Å². The number of rotatable bonds is 3. The molecule has 0 aliphatic carbocycles. The zero-order chi connectivity index (χ0) is 13.3. The van der Waals surface area contributed by atoms with Crippen molar-refractivity contribution in [3.05, 3.63) is 23.8 Å². The highest BCUT2D eigenvalue weighted by atomic mass is 16.5. The van der Waals surface area contributed by atoms with E-state index in [1.807, 2.05) is 18.2 Å². The summed E-state index contributed by atoms with van der Waals surface area (Å²) in [4.78, 5) is 13.2. The van der Waals surface area contributed by atoms with Crippen LogP contribution in [-0.4, -0.2) is 31.3 Å². The fourth-order valence-electron chi connectivity index (χ4n) is 2.22. The molecule has 18 heavy (non-hydrogen) atoms. The van der Waals surface area contributed by atoms with Gasteiger partial charge in [0.05, 0.1) is 12.3 Å². The number of fused-ring (bicyclic) bond motifs is 1. The molecule has 0 bridgehead atoms. The number of aliphatic hydroxyl groups is 1. The summed E-state index contributed by atoms with van der Waals surface area (Å²) in [6, 6.07) is 5.77. The quantitative estimate of drug-likeness (QED) is 0.888. The van der Waals surface area contributed by atoms with Crippen LogP contribution in [0.25, 0.3) is 0 Å². The van der Waals surface area contributed by atoms with Gasteiger partial charge in [-0.2, -0.15) is 0 Å². The molecule has 1 N–H and O–H groups in total. The van der Waals surface area contributed by atoms with Gasteiger partial charge in [0.1, 0.15) is 5.75 Å². The summed E-state index contributed by atoms with van der Waals surface area (Å²) in [7, 11) is 1.75. The highest BCUT2D eigenvalue weighted by Crippen LogP contribution is 2.35. The molecule has 4 nitrogen and oxygen atoms in total. The van der Waals surface area contributed by atoms with Crippen molar-refractivity contribution < 1.29 is 14.6 Å². The first-order chi connectivity index (χ1) is 8.54. The van der Waals surface area contributed by atoms with E-state index in [0.717, 1.165) is 17.0 Å². The maximum atomic E-state index is 11.6. The molecule has 2 rings (SSSR count). The standard InChI is InChI=1S/C14H19NO3/c1-9(2)11(7-16)10-4-5-13-12(6-10)15(3)14(17)8-18-13/h4-6,9,11,16H,7-8H2,1-3H3. The van der Waals surface area contributed by atoms with Gasteiger partial charge in [0, 0.05) is 13.0 Å². The lowest BCUT2D eigenvalue weighted by atomic mass is 9.88. The van der Waals surface area contributed by atoms with Crippen LogP contribution in [0.4, 0.5) is 5.69 Å². The van der Waals surface area contributed by atoms with Crippen LogP contribution in [-0.2, 0) is 4.79 Å². The van der Waals surface area contributed by atoms with Gasteiger partial charge in [-0.05, 0) is 23.6 Å². The first-order valence-corrected chi connectivity index (χ1v) is 6.18. The van der Waals surface area contributed by atoms with E-state index in [-0.39, 0.29) is 25.0 Å². The van der Waals surface area contributed by atoms with Crippen LogP contribution in [0.2, 0.25) is 0 Å². The summed E-state index contributed by atoms with van der Waals surface area (Å²) in [6.45, 7) is 4.35. The topological polar surface area (TPSA) is 49.8 Å². The first kappa shape index (κ1) is 12.9. The monoisotopic (exact) mass is 249 g/mol. The first-order valence-electron chi connectivity index (χ1n) is 6.18. The van der Waals surface area contributed by atoms with Crippen LogP contribution in [0.15, 0.2) is 18.2 Å². The van der Waals surface area contributed by atoms with Crippen molar-refractivity contribution >= 4 is 11.6 Å². The second-order valence-electron chi connectivity index (χ2n) is 5.00. The van der Waals surface area contributed by atoms with Crippen LogP contribution in [0.1, 0.15) is 25.3 Å². The molecule has 1 aliphatic heterocycles. The predicted molar refractivity (Wildman–Crippen MR) is 70.0 cm³/mol. The third-order valence-corrected chi connectivity index (χ3v) is 3.50. The molecule has 1 amide bonds. The van der Waals surface area contributed by atoms with Gasteiger partial charge in [0.25, 0.3) is 5.91 Å². The van der Waals surface area contributed by atoms with E-state index in [9.17, 15) is 9.90 Å². The Kier molecular flexibility index (Phi) is 3.57. The highest BCUT2D eigenvalue weighted by Gasteiger charge is 2.24. The number of anilines is 1.